The molecule has 1 aromatic carbocycles. The Morgan fingerprint density at radius 1 is 1.07 bits per heavy atom. The average molecular weight is 409 g/mol. The third-order valence-electron chi connectivity index (χ3n) is 5.17. The lowest BCUT2D eigenvalue weighted by atomic mass is 10.1. The molecule has 1 fully saturated rings. The topological polar surface area (TPSA) is 44.7 Å². The van der Waals surface area contributed by atoms with Crippen molar-refractivity contribution in [2.75, 3.05) is 57.2 Å². The van der Waals surface area contributed by atoms with E-state index in [0.717, 1.165) is 17.4 Å². The van der Waals surface area contributed by atoms with E-state index < -0.39 is 11.9 Å². The van der Waals surface area contributed by atoms with E-state index in [2.05, 4.69) is 27.9 Å². The van der Waals surface area contributed by atoms with Crippen molar-refractivity contribution in [2.24, 2.45) is 0 Å². The molecule has 0 spiro atoms. The number of nitrogens with zero attached hydrogens (tertiary/aromatic N) is 5. The fraction of sp³-hybridized carbons (Fsp3) is 0.500. The zero-order valence-electron chi connectivity index (χ0n) is 17.1. The minimum atomic E-state index is -4.51. The minimum Gasteiger partial charge on any atom is -0.497 e. The Hall–Kier alpha value is -2.55. The van der Waals surface area contributed by atoms with Crippen LogP contribution in [-0.2, 0) is 6.18 Å². The predicted molar refractivity (Wildman–Crippen MR) is 107 cm³/mol. The monoisotopic (exact) mass is 409 g/mol. The van der Waals surface area contributed by atoms with Gasteiger partial charge in [-0.3, -0.25) is 4.90 Å². The molecule has 0 aliphatic carbocycles. The van der Waals surface area contributed by atoms with E-state index in [-0.39, 0.29) is 17.8 Å². The van der Waals surface area contributed by atoms with Crippen molar-refractivity contribution in [1.82, 2.24) is 14.9 Å². The van der Waals surface area contributed by atoms with Gasteiger partial charge in [0.15, 0.2) is 5.69 Å². The van der Waals surface area contributed by atoms with Gasteiger partial charge in [0, 0.05) is 52.4 Å². The van der Waals surface area contributed by atoms with Gasteiger partial charge < -0.3 is 14.5 Å². The van der Waals surface area contributed by atoms with Crippen LogP contribution in [0.1, 0.15) is 24.2 Å². The molecule has 1 aromatic heterocycles. The number of aromatic nitrogens is 2. The molecule has 0 radical (unpaired) electrons. The number of methoxy groups -OCH3 is 1. The molecule has 1 saturated heterocycles. The van der Waals surface area contributed by atoms with E-state index in [1.165, 1.54) is 0 Å². The summed E-state index contributed by atoms with van der Waals surface area (Å²) in [6, 6.07) is 9.08. The molecule has 2 aromatic rings. The van der Waals surface area contributed by atoms with E-state index in [4.69, 9.17) is 4.74 Å². The summed E-state index contributed by atoms with van der Waals surface area (Å²) in [6.07, 6.45) is -4.51. The molecule has 1 atom stereocenters. The summed E-state index contributed by atoms with van der Waals surface area (Å²) in [5.74, 6) is 1.17. The van der Waals surface area contributed by atoms with Crippen molar-refractivity contribution in [2.45, 2.75) is 19.1 Å². The number of anilines is 2. The second-order valence-corrected chi connectivity index (χ2v) is 7.28. The van der Waals surface area contributed by atoms with E-state index in [0.29, 0.717) is 26.2 Å². The van der Waals surface area contributed by atoms with E-state index in [9.17, 15) is 13.2 Å². The van der Waals surface area contributed by atoms with Crippen LogP contribution in [0.15, 0.2) is 30.3 Å². The maximum Gasteiger partial charge on any atom is 0.433 e. The lowest BCUT2D eigenvalue weighted by Crippen LogP contribution is -2.48. The summed E-state index contributed by atoms with van der Waals surface area (Å²) in [6.45, 7) is 4.64. The third kappa shape index (κ3) is 4.90. The van der Waals surface area contributed by atoms with Crippen molar-refractivity contribution in [3.8, 4) is 5.75 Å². The second-order valence-electron chi connectivity index (χ2n) is 7.28. The van der Waals surface area contributed by atoms with Crippen molar-refractivity contribution in [3.05, 3.63) is 41.6 Å². The second kappa shape index (κ2) is 8.44. The highest BCUT2D eigenvalue weighted by atomic mass is 19.4. The lowest BCUT2D eigenvalue weighted by Gasteiger charge is -2.38. The Morgan fingerprint density at radius 2 is 1.76 bits per heavy atom. The molecule has 1 aliphatic heterocycles. The van der Waals surface area contributed by atoms with E-state index in [1.54, 1.807) is 26.1 Å². The van der Waals surface area contributed by atoms with Gasteiger partial charge in [0.2, 0.25) is 5.95 Å². The molecule has 1 aliphatic rings. The van der Waals surface area contributed by atoms with Crippen LogP contribution in [0.4, 0.5) is 24.9 Å². The van der Waals surface area contributed by atoms with Gasteiger partial charge in [-0.25, -0.2) is 4.98 Å². The van der Waals surface area contributed by atoms with Crippen LogP contribution in [0.5, 0.6) is 5.75 Å². The third-order valence-corrected chi connectivity index (χ3v) is 5.17. The minimum absolute atomic E-state index is 0.122. The average Bonchev–Trinajstić information content (AvgIpc) is 2.72. The summed E-state index contributed by atoms with van der Waals surface area (Å²) >= 11 is 0. The van der Waals surface area contributed by atoms with E-state index >= 15 is 0 Å². The summed E-state index contributed by atoms with van der Waals surface area (Å²) in [5, 5.41) is 0. The molecule has 3 rings (SSSR count). The Morgan fingerprint density at radius 3 is 2.34 bits per heavy atom. The number of hydrogen-bond donors (Lipinski definition) is 0. The normalized spacial score (nSPS) is 16.6. The van der Waals surface area contributed by atoms with Crippen molar-refractivity contribution in [3.63, 3.8) is 0 Å². The number of piperazine rings is 1. The van der Waals surface area contributed by atoms with Crippen LogP contribution < -0.4 is 14.5 Å². The van der Waals surface area contributed by atoms with Crippen LogP contribution in [0.3, 0.4) is 0 Å². The molecule has 1 unspecified atom stereocenters. The van der Waals surface area contributed by atoms with Gasteiger partial charge in [0.1, 0.15) is 11.6 Å². The summed E-state index contributed by atoms with van der Waals surface area (Å²) < 4.78 is 45.0. The maximum atomic E-state index is 13.3. The highest BCUT2D eigenvalue weighted by Crippen LogP contribution is 2.31. The number of rotatable bonds is 5. The zero-order valence-corrected chi connectivity index (χ0v) is 17.1. The molecule has 6 nitrogen and oxygen atoms in total. The van der Waals surface area contributed by atoms with Gasteiger partial charge >= 0.3 is 6.18 Å². The number of ether oxygens (including phenoxy) is 1. The van der Waals surface area contributed by atoms with Gasteiger partial charge in [-0.2, -0.15) is 18.2 Å². The first kappa shape index (κ1) is 21.2. The molecule has 0 N–H and O–H groups in total. The fourth-order valence-electron chi connectivity index (χ4n) is 3.36. The first-order chi connectivity index (χ1) is 13.7. The first-order valence-corrected chi connectivity index (χ1v) is 9.45. The van der Waals surface area contributed by atoms with Crippen LogP contribution >= 0.6 is 0 Å². The van der Waals surface area contributed by atoms with Crippen molar-refractivity contribution < 1.29 is 17.9 Å². The predicted octanol–water partition coefficient (Wildman–Crippen LogP) is 3.45. The quantitative estimate of drug-likeness (QED) is 0.754. The van der Waals surface area contributed by atoms with Gasteiger partial charge in [-0.1, -0.05) is 12.1 Å². The molecular formula is C20H26F3N5O. The largest absolute Gasteiger partial charge is 0.497 e. The molecule has 2 heterocycles. The summed E-state index contributed by atoms with van der Waals surface area (Å²) in [4.78, 5) is 13.8. The highest BCUT2D eigenvalue weighted by Gasteiger charge is 2.35. The molecule has 29 heavy (non-hydrogen) atoms. The van der Waals surface area contributed by atoms with Crippen LogP contribution in [-0.4, -0.2) is 62.3 Å². The van der Waals surface area contributed by atoms with E-state index in [1.807, 2.05) is 23.1 Å². The molecule has 0 bridgehead atoms. The van der Waals surface area contributed by atoms with Gasteiger partial charge in [-0.05, 0) is 24.6 Å². The molecular weight excluding hydrogens is 383 g/mol. The van der Waals surface area contributed by atoms with Crippen LogP contribution in [0.2, 0.25) is 0 Å². The molecule has 0 saturated carbocycles. The number of halogens is 3. The van der Waals surface area contributed by atoms with Crippen molar-refractivity contribution in [1.29, 1.82) is 0 Å². The Balaban J connectivity index is 1.74. The maximum absolute atomic E-state index is 13.3. The Labute approximate surface area is 168 Å². The first-order valence-electron chi connectivity index (χ1n) is 9.45. The van der Waals surface area contributed by atoms with Gasteiger partial charge in [0.25, 0.3) is 0 Å². The van der Waals surface area contributed by atoms with Crippen LogP contribution in [0.25, 0.3) is 0 Å². The molecule has 158 valence electrons. The highest BCUT2D eigenvalue weighted by molar-refractivity contribution is 5.46. The number of alkyl halides is 3. The van der Waals surface area contributed by atoms with Crippen molar-refractivity contribution >= 4 is 11.8 Å². The summed E-state index contributed by atoms with van der Waals surface area (Å²) in [5.41, 5.74) is 0.224. The fourth-order valence-corrected chi connectivity index (χ4v) is 3.36. The van der Waals surface area contributed by atoms with Gasteiger partial charge in [-0.15, -0.1) is 0 Å². The lowest BCUT2D eigenvalue weighted by molar-refractivity contribution is -0.141. The smallest absolute Gasteiger partial charge is 0.433 e. The SMILES string of the molecule is COc1cccc(C(C)N2CCN(c3nc(N(C)C)cc(C(F)(F)F)n3)CC2)c1. The molecule has 0 amide bonds. The van der Waals surface area contributed by atoms with Crippen LogP contribution in [0, 0.1) is 0 Å². The zero-order chi connectivity index (χ0) is 21.2. The standard InChI is InChI=1S/C20H26F3N5O/c1-14(15-6-5-7-16(12-15)29-4)27-8-10-28(11-9-27)19-24-17(20(21,22)23)13-18(25-19)26(2)3/h5-7,12-14H,8-11H2,1-4H3. The number of benzene rings is 1. The summed E-state index contributed by atoms with van der Waals surface area (Å²) in [7, 11) is 4.97. The number of hydrogen-bond acceptors (Lipinski definition) is 6. The Kier molecular flexibility index (Phi) is 6.16. The Bertz CT molecular complexity index is 835. The molecule has 9 heteroatoms. The van der Waals surface area contributed by atoms with Gasteiger partial charge in [0.05, 0.1) is 7.11 Å².